The van der Waals surface area contributed by atoms with Crippen LogP contribution in [0.2, 0.25) is 0 Å². The number of hydrogen-bond donors (Lipinski definition) is 0. The van der Waals surface area contributed by atoms with Gasteiger partial charge in [0.05, 0.1) is 11.4 Å². The van der Waals surface area contributed by atoms with Crippen LogP contribution in [-0.4, -0.2) is 4.57 Å². The maximum atomic E-state index is 2.41. The molecule has 1 heterocycles. The molecule has 1 aliphatic rings. The second-order valence-electron chi connectivity index (χ2n) is 8.88. The first-order chi connectivity index (χ1) is 14.0. The molecule has 0 radical (unpaired) electrons. The van der Waals surface area contributed by atoms with E-state index in [1.807, 2.05) is 0 Å². The molecule has 29 heavy (non-hydrogen) atoms. The van der Waals surface area contributed by atoms with Gasteiger partial charge in [-0.1, -0.05) is 94.4 Å². The van der Waals surface area contributed by atoms with Gasteiger partial charge in [0.1, 0.15) is 0 Å². The second kappa shape index (κ2) is 6.49. The number of hydrogen-bond acceptors (Lipinski definition) is 0. The molecule has 0 unspecified atom stereocenters. The molecule has 1 aromatic heterocycles. The Labute approximate surface area is 173 Å². The standard InChI is InChI=1S/C28H27N/c1-19(2)21-16-17-23-22-13-8-9-14-24(22)28(3,4)26(23)27(21)29-18-10-15-25(29)20-11-6-5-7-12-20/h5-19H,1-4H3. The molecule has 0 N–H and O–H groups in total. The molecule has 0 atom stereocenters. The van der Waals surface area contributed by atoms with Gasteiger partial charge in [0.25, 0.3) is 0 Å². The van der Waals surface area contributed by atoms with Gasteiger partial charge in [0, 0.05) is 11.6 Å². The van der Waals surface area contributed by atoms with E-state index in [0.29, 0.717) is 5.92 Å². The molecule has 0 amide bonds. The minimum Gasteiger partial charge on any atom is -0.316 e. The smallest absolute Gasteiger partial charge is 0.0537 e. The molecule has 3 aromatic carbocycles. The van der Waals surface area contributed by atoms with E-state index in [9.17, 15) is 0 Å². The average Bonchev–Trinajstić information content (AvgIpc) is 3.30. The number of aromatic nitrogens is 1. The minimum absolute atomic E-state index is 0.0373. The summed E-state index contributed by atoms with van der Waals surface area (Å²) in [7, 11) is 0. The molecule has 0 aliphatic heterocycles. The molecule has 0 saturated carbocycles. The third kappa shape index (κ3) is 2.61. The van der Waals surface area contributed by atoms with Gasteiger partial charge < -0.3 is 4.57 Å². The quantitative estimate of drug-likeness (QED) is 0.347. The molecule has 4 aromatic rings. The fourth-order valence-corrected chi connectivity index (χ4v) is 5.01. The van der Waals surface area contributed by atoms with Gasteiger partial charge in [0.2, 0.25) is 0 Å². The van der Waals surface area contributed by atoms with Crippen molar-refractivity contribution in [2.24, 2.45) is 0 Å². The summed E-state index contributed by atoms with van der Waals surface area (Å²) in [4.78, 5) is 0. The summed E-state index contributed by atoms with van der Waals surface area (Å²) < 4.78 is 2.41. The van der Waals surface area contributed by atoms with E-state index in [2.05, 4.69) is 117 Å². The van der Waals surface area contributed by atoms with E-state index in [0.717, 1.165) is 0 Å². The van der Waals surface area contributed by atoms with Crippen LogP contribution in [0.1, 0.15) is 50.3 Å². The third-order valence-electron chi connectivity index (χ3n) is 6.41. The van der Waals surface area contributed by atoms with Crippen LogP contribution >= 0.6 is 0 Å². The van der Waals surface area contributed by atoms with Crippen molar-refractivity contribution in [3.8, 4) is 28.1 Å². The lowest BCUT2D eigenvalue weighted by Gasteiger charge is -2.28. The van der Waals surface area contributed by atoms with E-state index in [4.69, 9.17) is 0 Å². The van der Waals surface area contributed by atoms with Crippen molar-refractivity contribution in [1.29, 1.82) is 0 Å². The Kier molecular flexibility index (Phi) is 4.03. The zero-order valence-electron chi connectivity index (χ0n) is 17.6. The number of benzene rings is 3. The molecular weight excluding hydrogens is 350 g/mol. The van der Waals surface area contributed by atoms with Crippen molar-refractivity contribution >= 4 is 0 Å². The van der Waals surface area contributed by atoms with E-state index in [1.54, 1.807) is 0 Å². The monoisotopic (exact) mass is 377 g/mol. The zero-order valence-corrected chi connectivity index (χ0v) is 17.6. The SMILES string of the molecule is CC(C)c1ccc2c(c1-n1cccc1-c1ccccc1)C(C)(C)c1ccccc1-2. The number of nitrogens with zero attached hydrogens (tertiary/aromatic N) is 1. The predicted octanol–water partition coefficient (Wildman–Crippen LogP) is 7.57. The molecule has 1 aliphatic carbocycles. The number of fused-ring (bicyclic) bond motifs is 3. The molecule has 1 nitrogen and oxygen atoms in total. The normalized spacial score (nSPS) is 14.1. The van der Waals surface area contributed by atoms with E-state index >= 15 is 0 Å². The number of rotatable bonds is 3. The first-order valence-electron chi connectivity index (χ1n) is 10.5. The highest BCUT2D eigenvalue weighted by molar-refractivity contribution is 5.85. The van der Waals surface area contributed by atoms with Gasteiger partial charge in [-0.3, -0.25) is 0 Å². The maximum Gasteiger partial charge on any atom is 0.0537 e. The van der Waals surface area contributed by atoms with Crippen molar-refractivity contribution < 1.29 is 0 Å². The van der Waals surface area contributed by atoms with Gasteiger partial charge in [-0.05, 0) is 51.4 Å². The van der Waals surface area contributed by atoms with E-state index in [1.165, 1.54) is 44.8 Å². The molecule has 1 heteroatoms. The Balaban J connectivity index is 1.86. The summed E-state index contributed by atoms with van der Waals surface area (Å²) in [5.74, 6) is 0.445. The Morgan fingerprint density at radius 1 is 0.724 bits per heavy atom. The van der Waals surface area contributed by atoms with Gasteiger partial charge in [-0.2, -0.15) is 0 Å². The Morgan fingerprint density at radius 2 is 1.45 bits per heavy atom. The minimum atomic E-state index is -0.0373. The van der Waals surface area contributed by atoms with Crippen molar-refractivity contribution in [3.63, 3.8) is 0 Å². The second-order valence-corrected chi connectivity index (χ2v) is 8.88. The summed E-state index contributed by atoms with van der Waals surface area (Å²) in [6, 6.07) is 28.7. The Hall–Kier alpha value is -3.06. The van der Waals surface area contributed by atoms with Crippen molar-refractivity contribution in [2.75, 3.05) is 0 Å². The lowest BCUT2D eigenvalue weighted by Crippen LogP contribution is -2.19. The average molecular weight is 378 g/mol. The van der Waals surface area contributed by atoms with Crippen LogP contribution in [0.25, 0.3) is 28.1 Å². The summed E-state index contributed by atoms with van der Waals surface area (Å²) in [5, 5.41) is 0. The van der Waals surface area contributed by atoms with Gasteiger partial charge in [-0.15, -0.1) is 0 Å². The molecule has 0 saturated heterocycles. The maximum absolute atomic E-state index is 2.41. The summed E-state index contributed by atoms with van der Waals surface area (Å²) in [5.41, 5.74) is 10.8. The van der Waals surface area contributed by atoms with Crippen LogP contribution in [0.15, 0.2) is 85.1 Å². The molecule has 0 fully saturated rings. The van der Waals surface area contributed by atoms with E-state index < -0.39 is 0 Å². The topological polar surface area (TPSA) is 4.93 Å². The fraction of sp³-hybridized carbons (Fsp3) is 0.214. The Morgan fingerprint density at radius 3 is 2.21 bits per heavy atom. The largest absolute Gasteiger partial charge is 0.316 e. The van der Waals surface area contributed by atoms with Crippen LogP contribution in [0.5, 0.6) is 0 Å². The van der Waals surface area contributed by atoms with Crippen molar-refractivity contribution in [2.45, 2.75) is 39.0 Å². The predicted molar refractivity (Wildman–Crippen MR) is 123 cm³/mol. The third-order valence-corrected chi connectivity index (χ3v) is 6.41. The summed E-state index contributed by atoms with van der Waals surface area (Å²) in [6.45, 7) is 9.34. The van der Waals surface area contributed by atoms with Gasteiger partial charge in [-0.25, -0.2) is 0 Å². The summed E-state index contributed by atoms with van der Waals surface area (Å²) >= 11 is 0. The molecule has 144 valence electrons. The van der Waals surface area contributed by atoms with E-state index in [-0.39, 0.29) is 5.41 Å². The molecule has 0 spiro atoms. The highest BCUT2D eigenvalue weighted by Gasteiger charge is 2.39. The Bertz CT molecular complexity index is 1190. The van der Waals surface area contributed by atoms with Crippen LogP contribution in [0, 0.1) is 0 Å². The highest BCUT2D eigenvalue weighted by Crippen LogP contribution is 2.52. The zero-order chi connectivity index (χ0) is 20.2. The van der Waals surface area contributed by atoms with Gasteiger partial charge >= 0.3 is 0 Å². The molecule has 0 bridgehead atoms. The molecule has 5 rings (SSSR count). The van der Waals surface area contributed by atoms with Crippen LogP contribution < -0.4 is 0 Å². The van der Waals surface area contributed by atoms with Crippen LogP contribution in [0.3, 0.4) is 0 Å². The van der Waals surface area contributed by atoms with Crippen LogP contribution in [0.4, 0.5) is 0 Å². The fourth-order valence-electron chi connectivity index (χ4n) is 5.01. The summed E-state index contributed by atoms with van der Waals surface area (Å²) in [6.07, 6.45) is 2.23. The van der Waals surface area contributed by atoms with Crippen molar-refractivity contribution in [1.82, 2.24) is 4.57 Å². The first kappa shape index (κ1) is 18.0. The lowest BCUT2D eigenvalue weighted by molar-refractivity contribution is 0.652. The van der Waals surface area contributed by atoms with Gasteiger partial charge in [0.15, 0.2) is 0 Å². The van der Waals surface area contributed by atoms with Crippen molar-refractivity contribution in [3.05, 3.63) is 102 Å². The lowest BCUT2D eigenvalue weighted by atomic mass is 9.79. The molecular formula is C28H27N. The first-order valence-corrected chi connectivity index (χ1v) is 10.5. The highest BCUT2D eigenvalue weighted by atomic mass is 15.0. The van der Waals surface area contributed by atoms with Crippen LogP contribution in [-0.2, 0) is 5.41 Å².